The lowest BCUT2D eigenvalue weighted by molar-refractivity contribution is 0.0971. The minimum Gasteiger partial charge on any atom is -0.293 e. The van der Waals surface area contributed by atoms with Gasteiger partial charge in [0.2, 0.25) is 0 Å². The van der Waals surface area contributed by atoms with Gasteiger partial charge in [0.15, 0.2) is 5.78 Å². The Kier molecular flexibility index (Phi) is 2.98. The molecule has 0 unspecified atom stereocenters. The molecule has 0 aliphatic rings. The van der Waals surface area contributed by atoms with Crippen molar-refractivity contribution < 1.29 is 4.79 Å². The summed E-state index contributed by atoms with van der Waals surface area (Å²) in [6.45, 7) is 6.01. The number of hydrogen-bond donors (Lipinski definition) is 0. The lowest BCUT2D eigenvalue weighted by atomic mass is 10.1. The Labute approximate surface area is 76.6 Å². The van der Waals surface area contributed by atoms with E-state index in [0.29, 0.717) is 12.3 Å². The van der Waals surface area contributed by atoms with Crippen LogP contribution in [0, 0.1) is 12.8 Å². The van der Waals surface area contributed by atoms with E-state index in [2.05, 4.69) is 4.98 Å². The minimum absolute atomic E-state index is 0.218. The number of Topliss-reactive ketones (excluding diaryl/α,β-unsaturated/α-hetero) is 1. The molecule has 12 heavy (non-hydrogen) atoms. The Hall–Kier alpha value is -0.700. The van der Waals surface area contributed by atoms with Crippen molar-refractivity contribution in [2.24, 2.45) is 5.92 Å². The van der Waals surface area contributed by atoms with E-state index in [0.717, 1.165) is 9.88 Å². The molecule has 3 heteroatoms. The summed E-state index contributed by atoms with van der Waals surface area (Å²) in [6, 6.07) is 0. The molecule has 0 aliphatic carbocycles. The fourth-order valence-electron chi connectivity index (χ4n) is 0.962. The highest BCUT2D eigenvalue weighted by atomic mass is 32.1. The van der Waals surface area contributed by atoms with Crippen LogP contribution in [-0.2, 0) is 0 Å². The highest BCUT2D eigenvalue weighted by molar-refractivity contribution is 7.13. The highest BCUT2D eigenvalue weighted by Gasteiger charge is 2.10. The zero-order valence-electron chi connectivity index (χ0n) is 7.63. The van der Waals surface area contributed by atoms with E-state index in [1.807, 2.05) is 20.8 Å². The van der Waals surface area contributed by atoms with Gasteiger partial charge in [-0.1, -0.05) is 13.8 Å². The first-order valence-corrected chi connectivity index (χ1v) is 4.87. The van der Waals surface area contributed by atoms with Gasteiger partial charge in [0, 0.05) is 12.6 Å². The zero-order chi connectivity index (χ0) is 9.14. The molecule has 0 atom stereocenters. The van der Waals surface area contributed by atoms with Crippen LogP contribution in [0.25, 0.3) is 0 Å². The Bertz CT molecular complexity index is 278. The molecular weight excluding hydrogens is 170 g/mol. The molecular formula is C9H13NOS. The predicted molar refractivity (Wildman–Crippen MR) is 50.6 cm³/mol. The third-order valence-electron chi connectivity index (χ3n) is 1.49. The Morgan fingerprint density at radius 1 is 1.67 bits per heavy atom. The molecule has 0 fully saturated rings. The maximum atomic E-state index is 11.4. The summed E-state index contributed by atoms with van der Waals surface area (Å²) in [6.07, 6.45) is 2.30. The number of nitrogens with zero attached hydrogens (tertiary/aromatic N) is 1. The molecule has 2 nitrogen and oxygen atoms in total. The Morgan fingerprint density at radius 2 is 2.33 bits per heavy atom. The Morgan fingerprint density at radius 3 is 2.75 bits per heavy atom. The molecule has 66 valence electrons. The molecule has 0 saturated carbocycles. The summed E-state index contributed by atoms with van der Waals surface area (Å²) in [7, 11) is 0. The van der Waals surface area contributed by atoms with Gasteiger partial charge in [-0.15, -0.1) is 11.3 Å². The second kappa shape index (κ2) is 3.81. The van der Waals surface area contributed by atoms with E-state index >= 15 is 0 Å². The van der Waals surface area contributed by atoms with Gasteiger partial charge < -0.3 is 0 Å². The molecule has 1 aromatic rings. The van der Waals surface area contributed by atoms with Crippen molar-refractivity contribution in [3.8, 4) is 0 Å². The summed E-state index contributed by atoms with van der Waals surface area (Å²) in [5.41, 5.74) is 0. The number of aromatic nitrogens is 1. The van der Waals surface area contributed by atoms with Gasteiger partial charge in [0.25, 0.3) is 0 Å². The number of aryl methyl sites for hydroxylation is 1. The van der Waals surface area contributed by atoms with Crippen LogP contribution in [0.5, 0.6) is 0 Å². The first-order valence-electron chi connectivity index (χ1n) is 4.05. The molecule has 1 heterocycles. The van der Waals surface area contributed by atoms with Crippen LogP contribution >= 0.6 is 11.3 Å². The van der Waals surface area contributed by atoms with Crippen molar-refractivity contribution in [2.45, 2.75) is 27.2 Å². The molecule has 1 aromatic heterocycles. The molecule has 1 rings (SSSR count). The summed E-state index contributed by atoms with van der Waals surface area (Å²) in [5, 5.41) is 0.960. The van der Waals surface area contributed by atoms with Crippen LogP contribution in [0.1, 0.15) is 34.9 Å². The fourth-order valence-corrected chi connectivity index (χ4v) is 1.69. The van der Waals surface area contributed by atoms with Gasteiger partial charge in [-0.05, 0) is 12.8 Å². The SMILES string of the molecule is Cc1ncc(C(=O)CC(C)C)s1. The number of thiazole rings is 1. The minimum atomic E-state index is 0.218. The standard InChI is InChI=1S/C9H13NOS/c1-6(2)4-8(11)9-5-10-7(3)12-9/h5-6H,4H2,1-3H3. The maximum absolute atomic E-state index is 11.4. The average molecular weight is 183 g/mol. The fraction of sp³-hybridized carbons (Fsp3) is 0.556. The lowest BCUT2D eigenvalue weighted by Crippen LogP contribution is -2.00. The van der Waals surface area contributed by atoms with Crippen molar-refractivity contribution in [1.29, 1.82) is 0 Å². The lowest BCUT2D eigenvalue weighted by Gasteiger charge is -1.99. The first-order chi connectivity index (χ1) is 5.59. The average Bonchev–Trinajstić information content (AvgIpc) is 2.34. The second-order valence-electron chi connectivity index (χ2n) is 3.26. The summed E-state index contributed by atoms with van der Waals surface area (Å²) < 4.78 is 0. The van der Waals surface area contributed by atoms with Crippen LogP contribution in [0.4, 0.5) is 0 Å². The van der Waals surface area contributed by atoms with E-state index < -0.39 is 0 Å². The molecule has 0 aromatic carbocycles. The Balaban J connectivity index is 2.65. The third kappa shape index (κ3) is 2.41. The molecule has 0 spiro atoms. The molecule has 0 amide bonds. The molecule has 0 aliphatic heterocycles. The van der Waals surface area contributed by atoms with Gasteiger partial charge in [-0.3, -0.25) is 4.79 Å². The molecule has 0 N–H and O–H groups in total. The zero-order valence-corrected chi connectivity index (χ0v) is 8.44. The summed E-state index contributed by atoms with van der Waals surface area (Å²) in [4.78, 5) is 16.3. The van der Waals surface area contributed by atoms with Crippen LogP contribution < -0.4 is 0 Å². The second-order valence-corrected chi connectivity index (χ2v) is 4.50. The number of carbonyl (C=O) groups is 1. The van der Waals surface area contributed by atoms with Gasteiger partial charge in [0.1, 0.15) is 0 Å². The van der Waals surface area contributed by atoms with Gasteiger partial charge >= 0.3 is 0 Å². The van der Waals surface area contributed by atoms with Gasteiger partial charge in [-0.25, -0.2) is 4.98 Å². The van der Waals surface area contributed by atoms with E-state index in [4.69, 9.17) is 0 Å². The molecule has 0 bridgehead atoms. The smallest absolute Gasteiger partial charge is 0.174 e. The highest BCUT2D eigenvalue weighted by Crippen LogP contribution is 2.15. The van der Waals surface area contributed by atoms with Crippen molar-refractivity contribution in [1.82, 2.24) is 4.98 Å². The first kappa shape index (κ1) is 9.39. The van der Waals surface area contributed by atoms with Gasteiger partial charge in [0.05, 0.1) is 9.88 Å². The predicted octanol–water partition coefficient (Wildman–Crippen LogP) is 2.68. The van der Waals surface area contributed by atoms with Gasteiger partial charge in [-0.2, -0.15) is 0 Å². The maximum Gasteiger partial charge on any atom is 0.174 e. The van der Waals surface area contributed by atoms with E-state index in [1.165, 1.54) is 11.3 Å². The third-order valence-corrected chi connectivity index (χ3v) is 2.44. The van der Waals surface area contributed by atoms with E-state index in [9.17, 15) is 4.79 Å². The van der Waals surface area contributed by atoms with Crippen molar-refractivity contribution >= 4 is 17.1 Å². The largest absolute Gasteiger partial charge is 0.293 e. The number of rotatable bonds is 3. The van der Waals surface area contributed by atoms with E-state index in [1.54, 1.807) is 6.20 Å². The molecule has 0 radical (unpaired) electrons. The van der Waals surface area contributed by atoms with Crippen molar-refractivity contribution in [2.75, 3.05) is 0 Å². The van der Waals surface area contributed by atoms with Crippen LogP contribution in [0.15, 0.2) is 6.20 Å². The molecule has 0 saturated heterocycles. The van der Waals surface area contributed by atoms with Crippen molar-refractivity contribution in [3.05, 3.63) is 16.1 Å². The quantitative estimate of drug-likeness (QED) is 0.674. The van der Waals surface area contributed by atoms with Crippen LogP contribution in [-0.4, -0.2) is 10.8 Å². The topological polar surface area (TPSA) is 30.0 Å². The monoisotopic (exact) mass is 183 g/mol. The van der Waals surface area contributed by atoms with Crippen LogP contribution in [0.2, 0.25) is 0 Å². The number of ketones is 1. The summed E-state index contributed by atoms with van der Waals surface area (Å²) >= 11 is 1.48. The number of hydrogen-bond acceptors (Lipinski definition) is 3. The van der Waals surface area contributed by atoms with Crippen molar-refractivity contribution in [3.63, 3.8) is 0 Å². The summed E-state index contributed by atoms with van der Waals surface area (Å²) in [5.74, 6) is 0.649. The normalized spacial score (nSPS) is 10.7. The van der Waals surface area contributed by atoms with E-state index in [-0.39, 0.29) is 5.78 Å². The number of carbonyl (C=O) groups excluding carboxylic acids is 1. The van der Waals surface area contributed by atoms with Crippen LogP contribution in [0.3, 0.4) is 0 Å².